The number of amides is 1. The molecule has 30 heavy (non-hydrogen) atoms. The molecule has 2 fully saturated rings. The van der Waals surface area contributed by atoms with E-state index >= 15 is 0 Å². The van der Waals surface area contributed by atoms with Gasteiger partial charge in [-0.2, -0.15) is 13.2 Å². The molecule has 2 heterocycles. The Kier molecular flexibility index (Phi) is 6.13. The lowest BCUT2D eigenvalue weighted by Crippen LogP contribution is -2.50. The number of aromatic nitrogens is 1. The highest BCUT2D eigenvalue weighted by Gasteiger charge is 2.30. The normalized spacial score (nSPS) is 18.8. The van der Waals surface area contributed by atoms with E-state index in [-0.39, 0.29) is 18.6 Å². The van der Waals surface area contributed by atoms with Gasteiger partial charge >= 0.3 is 6.18 Å². The van der Waals surface area contributed by atoms with E-state index in [1.54, 1.807) is 12.1 Å². The molecular formula is C22H26F3N3O2. The number of rotatable bonds is 4. The van der Waals surface area contributed by atoms with Crippen LogP contribution in [0.5, 0.6) is 0 Å². The number of hydrogen-bond donors (Lipinski definition) is 0. The van der Waals surface area contributed by atoms with Crippen LogP contribution in [0.1, 0.15) is 37.7 Å². The van der Waals surface area contributed by atoms with Crippen LogP contribution in [0.25, 0.3) is 10.9 Å². The first-order valence-electron chi connectivity index (χ1n) is 10.5. The van der Waals surface area contributed by atoms with Gasteiger partial charge in [0, 0.05) is 31.6 Å². The number of anilines is 1. The number of fused-ring (bicyclic) bond motifs is 1. The van der Waals surface area contributed by atoms with Crippen molar-refractivity contribution in [3.05, 3.63) is 35.9 Å². The van der Waals surface area contributed by atoms with Crippen molar-refractivity contribution in [1.82, 2.24) is 9.88 Å². The lowest BCUT2D eigenvalue weighted by atomic mass is 9.98. The van der Waals surface area contributed by atoms with E-state index in [1.807, 2.05) is 4.90 Å². The van der Waals surface area contributed by atoms with Crippen LogP contribution in [0.2, 0.25) is 0 Å². The van der Waals surface area contributed by atoms with Crippen molar-refractivity contribution in [2.45, 2.75) is 44.4 Å². The van der Waals surface area contributed by atoms with E-state index in [4.69, 9.17) is 4.74 Å². The summed E-state index contributed by atoms with van der Waals surface area (Å²) in [6.45, 7) is 2.57. The van der Waals surface area contributed by atoms with Gasteiger partial charge < -0.3 is 14.5 Å². The molecule has 4 rings (SSSR count). The van der Waals surface area contributed by atoms with Crippen molar-refractivity contribution in [3.63, 3.8) is 0 Å². The molecule has 1 amide bonds. The molecule has 1 aliphatic heterocycles. The van der Waals surface area contributed by atoms with Crippen molar-refractivity contribution in [2.75, 3.05) is 37.7 Å². The standard InChI is InChI=1S/C22H26F3N3O2/c23-22(24,25)17-7-8-19-16(14-17)6-9-20(26-19)27-10-12-28(13-11-27)21(29)15-30-18-4-2-1-3-5-18/h6-9,14,18H,1-5,10-13,15H2. The molecule has 162 valence electrons. The van der Waals surface area contributed by atoms with E-state index in [0.717, 1.165) is 25.0 Å². The quantitative estimate of drug-likeness (QED) is 0.741. The minimum Gasteiger partial charge on any atom is -0.368 e. The summed E-state index contributed by atoms with van der Waals surface area (Å²) in [7, 11) is 0. The van der Waals surface area contributed by atoms with E-state index in [2.05, 4.69) is 9.88 Å². The maximum Gasteiger partial charge on any atom is 0.416 e. The van der Waals surface area contributed by atoms with E-state index in [0.29, 0.717) is 42.9 Å². The summed E-state index contributed by atoms with van der Waals surface area (Å²) in [5.41, 5.74) is -0.146. The van der Waals surface area contributed by atoms with E-state index in [1.165, 1.54) is 25.3 Å². The summed E-state index contributed by atoms with van der Waals surface area (Å²) in [5, 5.41) is 0.460. The van der Waals surface area contributed by atoms with Gasteiger partial charge in [-0.3, -0.25) is 4.79 Å². The van der Waals surface area contributed by atoms with Gasteiger partial charge in [-0.05, 0) is 43.2 Å². The molecule has 1 aromatic heterocycles. The molecule has 0 unspecified atom stereocenters. The molecule has 1 aliphatic carbocycles. The highest BCUT2D eigenvalue weighted by molar-refractivity contribution is 5.81. The topological polar surface area (TPSA) is 45.7 Å². The Morgan fingerprint density at radius 1 is 1.03 bits per heavy atom. The zero-order chi connectivity index (χ0) is 21.1. The van der Waals surface area contributed by atoms with Gasteiger partial charge in [0.25, 0.3) is 0 Å². The lowest BCUT2D eigenvalue weighted by Gasteiger charge is -2.35. The molecule has 0 bridgehead atoms. The summed E-state index contributed by atoms with van der Waals surface area (Å²) in [4.78, 5) is 20.8. The van der Waals surface area contributed by atoms with Gasteiger partial charge in [-0.25, -0.2) is 4.98 Å². The third-order valence-corrected chi connectivity index (χ3v) is 5.95. The maximum absolute atomic E-state index is 12.9. The summed E-state index contributed by atoms with van der Waals surface area (Å²) >= 11 is 0. The van der Waals surface area contributed by atoms with Gasteiger partial charge in [0.1, 0.15) is 12.4 Å². The minimum atomic E-state index is -4.36. The van der Waals surface area contributed by atoms with E-state index < -0.39 is 11.7 Å². The molecule has 1 aromatic carbocycles. The number of pyridine rings is 1. The van der Waals surface area contributed by atoms with E-state index in [9.17, 15) is 18.0 Å². The highest BCUT2D eigenvalue weighted by Crippen LogP contribution is 2.31. The molecule has 0 atom stereocenters. The molecule has 0 radical (unpaired) electrons. The molecule has 5 nitrogen and oxygen atoms in total. The fraction of sp³-hybridized carbons (Fsp3) is 0.545. The van der Waals surface area contributed by atoms with Crippen molar-refractivity contribution in [1.29, 1.82) is 0 Å². The van der Waals surface area contributed by atoms with Gasteiger partial charge in [-0.1, -0.05) is 19.3 Å². The Morgan fingerprint density at radius 3 is 2.47 bits per heavy atom. The molecular weight excluding hydrogens is 395 g/mol. The fourth-order valence-corrected chi connectivity index (χ4v) is 4.16. The Balaban J connectivity index is 1.33. The molecule has 2 aromatic rings. The Hall–Kier alpha value is -2.35. The lowest BCUT2D eigenvalue weighted by molar-refractivity contribution is -0.139. The number of benzene rings is 1. The van der Waals surface area contributed by atoms with Crippen molar-refractivity contribution >= 4 is 22.6 Å². The number of ether oxygens (including phenoxy) is 1. The molecule has 8 heteroatoms. The van der Waals surface area contributed by atoms with Crippen LogP contribution < -0.4 is 4.90 Å². The maximum atomic E-state index is 12.9. The minimum absolute atomic E-state index is 0.0198. The number of halogens is 3. The van der Waals surface area contributed by atoms with Crippen molar-refractivity contribution < 1.29 is 22.7 Å². The Bertz CT molecular complexity index is 889. The smallest absolute Gasteiger partial charge is 0.368 e. The van der Waals surface area contributed by atoms with Gasteiger partial charge in [0.2, 0.25) is 5.91 Å². The average Bonchev–Trinajstić information content (AvgIpc) is 2.77. The summed E-state index contributed by atoms with van der Waals surface area (Å²) in [5.74, 6) is 0.735. The predicted octanol–water partition coefficient (Wildman–Crippen LogP) is 4.25. The third kappa shape index (κ3) is 4.86. The SMILES string of the molecule is O=C(COC1CCCCC1)N1CCN(c2ccc3cc(C(F)(F)F)ccc3n2)CC1. The Morgan fingerprint density at radius 2 is 1.77 bits per heavy atom. The van der Waals surface area contributed by atoms with Gasteiger partial charge in [0.05, 0.1) is 17.2 Å². The second-order valence-electron chi connectivity index (χ2n) is 8.01. The van der Waals surface area contributed by atoms with Crippen LogP contribution in [-0.2, 0) is 15.7 Å². The van der Waals surface area contributed by atoms with Crippen LogP contribution >= 0.6 is 0 Å². The molecule has 2 aliphatic rings. The van der Waals surface area contributed by atoms with Crippen LogP contribution in [0.4, 0.5) is 19.0 Å². The van der Waals surface area contributed by atoms with Crippen molar-refractivity contribution in [3.8, 4) is 0 Å². The van der Waals surface area contributed by atoms with Crippen LogP contribution in [0.3, 0.4) is 0 Å². The number of hydrogen-bond acceptors (Lipinski definition) is 4. The number of piperazine rings is 1. The van der Waals surface area contributed by atoms with Crippen molar-refractivity contribution in [2.24, 2.45) is 0 Å². The summed E-state index contributed by atoms with van der Waals surface area (Å²) < 4.78 is 44.4. The average molecular weight is 421 g/mol. The first kappa shape index (κ1) is 20.9. The summed E-state index contributed by atoms with van der Waals surface area (Å²) in [6.07, 6.45) is 1.53. The fourth-order valence-electron chi connectivity index (χ4n) is 4.16. The van der Waals surface area contributed by atoms with Crippen LogP contribution in [0, 0.1) is 0 Å². The molecule has 1 saturated heterocycles. The van der Waals surface area contributed by atoms with Crippen LogP contribution in [-0.4, -0.2) is 54.7 Å². The number of nitrogens with zero attached hydrogens (tertiary/aromatic N) is 3. The second kappa shape index (κ2) is 8.79. The number of carbonyl (C=O) groups is 1. The first-order valence-corrected chi connectivity index (χ1v) is 10.5. The molecule has 0 N–H and O–H groups in total. The monoisotopic (exact) mass is 421 g/mol. The second-order valence-corrected chi connectivity index (χ2v) is 8.01. The van der Waals surface area contributed by atoms with Crippen LogP contribution in [0.15, 0.2) is 30.3 Å². The largest absolute Gasteiger partial charge is 0.416 e. The van der Waals surface area contributed by atoms with Gasteiger partial charge in [0.15, 0.2) is 0 Å². The number of carbonyl (C=O) groups excluding carboxylic acids is 1. The first-order chi connectivity index (χ1) is 14.4. The predicted molar refractivity (Wildman–Crippen MR) is 108 cm³/mol. The highest BCUT2D eigenvalue weighted by atomic mass is 19.4. The molecule has 1 saturated carbocycles. The molecule has 0 spiro atoms. The Labute approximate surface area is 173 Å². The zero-order valence-corrected chi connectivity index (χ0v) is 16.8. The summed E-state index contributed by atoms with van der Waals surface area (Å²) in [6, 6.07) is 7.00. The van der Waals surface area contributed by atoms with Gasteiger partial charge in [-0.15, -0.1) is 0 Å². The number of alkyl halides is 3. The third-order valence-electron chi connectivity index (χ3n) is 5.95. The zero-order valence-electron chi connectivity index (χ0n) is 16.8.